The highest BCUT2D eigenvalue weighted by Gasteiger charge is 2.21. The molecule has 0 unspecified atom stereocenters. The van der Waals surface area contributed by atoms with Gasteiger partial charge in [0, 0.05) is 0 Å². The van der Waals surface area contributed by atoms with E-state index in [1.54, 1.807) is 18.2 Å². The second kappa shape index (κ2) is 6.45. The van der Waals surface area contributed by atoms with Crippen molar-refractivity contribution in [1.29, 1.82) is 0 Å². The molecule has 0 atom stereocenters. The maximum Gasteiger partial charge on any atom is 0.323 e. The Balaban J connectivity index is 3.12. The van der Waals surface area contributed by atoms with Crippen LogP contribution in [0.15, 0.2) is 18.2 Å². The topological polar surface area (TPSA) is 66.8 Å². The number of hydrogen-bond donors (Lipinski definition) is 1. The zero-order chi connectivity index (χ0) is 14.4. The van der Waals surface area contributed by atoms with Gasteiger partial charge >= 0.3 is 5.97 Å². The van der Waals surface area contributed by atoms with Crippen LogP contribution in [0.3, 0.4) is 0 Å². The molecule has 100 valence electrons. The van der Waals surface area contributed by atoms with E-state index in [1.807, 2.05) is 6.92 Å². The lowest BCUT2D eigenvalue weighted by atomic mass is 10.1. The number of terminal acetylenes is 1. The number of nitrogens with zero attached hydrogens (tertiary/aromatic N) is 1. The van der Waals surface area contributed by atoms with Gasteiger partial charge < -0.3 is 14.7 Å². The molecule has 1 aromatic carbocycles. The smallest absolute Gasteiger partial charge is 0.323 e. The lowest BCUT2D eigenvalue weighted by Gasteiger charge is -2.19. The van der Waals surface area contributed by atoms with Crippen LogP contribution in [-0.4, -0.2) is 42.1 Å². The predicted octanol–water partition coefficient (Wildman–Crippen LogP) is 1.16. The summed E-state index contributed by atoms with van der Waals surface area (Å²) >= 11 is 0. The Labute approximate surface area is 111 Å². The summed E-state index contributed by atoms with van der Waals surface area (Å²) in [6.45, 7) is 1.32. The molecule has 0 saturated carbocycles. The number of aryl methyl sites for hydroxylation is 1. The zero-order valence-electron chi connectivity index (χ0n) is 10.8. The van der Waals surface area contributed by atoms with Gasteiger partial charge in [-0.25, -0.2) is 0 Å². The van der Waals surface area contributed by atoms with Crippen molar-refractivity contribution in [1.82, 2.24) is 4.90 Å². The monoisotopic (exact) mass is 261 g/mol. The lowest BCUT2D eigenvalue weighted by Crippen LogP contribution is -2.36. The number of ether oxygens (including phenoxy) is 1. The van der Waals surface area contributed by atoms with Gasteiger partial charge in [0.2, 0.25) is 0 Å². The standard InChI is InChI=1S/C14H15NO4/c1-4-7-15(9-13(16)17)14(18)11-8-10(2)5-6-12(11)19-3/h1,5-6,8H,7,9H2,2-3H3,(H,16,17). The minimum absolute atomic E-state index is 0.0672. The van der Waals surface area contributed by atoms with Crippen LogP contribution in [0.1, 0.15) is 15.9 Å². The van der Waals surface area contributed by atoms with Crippen molar-refractivity contribution in [2.75, 3.05) is 20.2 Å². The molecule has 0 radical (unpaired) electrons. The van der Waals surface area contributed by atoms with Gasteiger partial charge in [-0.3, -0.25) is 9.59 Å². The van der Waals surface area contributed by atoms with E-state index < -0.39 is 18.4 Å². The van der Waals surface area contributed by atoms with Gasteiger partial charge in [-0.05, 0) is 19.1 Å². The summed E-state index contributed by atoms with van der Waals surface area (Å²) in [6.07, 6.45) is 5.15. The molecule has 0 aliphatic heterocycles. The highest BCUT2D eigenvalue weighted by Crippen LogP contribution is 2.21. The van der Waals surface area contributed by atoms with E-state index in [1.165, 1.54) is 7.11 Å². The second-order valence-corrected chi connectivity index (χ2v) is 3.96. The third kappa shape index (κ3) is 3.75. The Bertz CT molecular complexity index is 531. The van der Waals surface area contributed by atoms with Crippen molar-refractivity contribution in [2.45, 2.75) is 6.92 Å². The predicted molar refractivity (Wildman–Crippen MR) is 70.1 cm³/mol. The first-order valence-electron chi connectivity index (χ1n) is 5.58. The summed E-state index contributed by atoms with van der Waals surface area (Å²) in [6, 6.07) is 5.11. The number of aliphatic carboxylic acids is 1. The van der Waals surface area contributed by atoms with Gasteiger partial charge in [0.15, 0.2) is 0 Å². The van der Waals surface area contributed by atoms with E-state index in [0.29, 0.717) is 11.3 Å². The van der Waals surface area contributed by atoms with Crippen molar-refractivity contribution in [3.63, 3.8) is 0 Å². The molecule has 5 heteroatoms. The largest absolute Gasteiger partial charge is 0.496 e. The molecule has 19 heavy (non-hydrogen) atoms. The summed E-state index contributed by atoms with van der Waals surface area (Å²) in [5.74, 6) is 1.10. The minimum atomic E-state index is -1.12. The lowest BCUT2D eigenvalue weighted by molar-refractivity contribution is -0.137. The summed E-state index contributed by atoms with van der Waals surface area (Å²) in [7, 11) is 1.45. The molecular formula is C14H15NO4. The van der Waals surface area contributed by atoms with E-state index in [9.17, 15) is 9.59 Å². The van der Waals surface area contributed by atoms with Gasteiger partial charge in [0.05, 0.1) is 19.2 Å². The second-order valence-electron chi connectivity index (χ2n) is 3.96. The third-order valence-electron chi connectivity index (χ3n) is 2.48. The fraction of sp³-hybridized carbons (Fsp3) is 0.286. The van der Waals surface area contributed by atoms with Crippen LogP contribution in [0.4, 0.5) is 0 Å². The summed E-state index contributed by atoms with van der Waals surface area (Å²) < 4.78 is 5.11. The maximum atomic E-state index is 12.3. The fourth-order valence-corrected chi connectivity index (χ4v) is 1.63. The number of amides is 1. The SMILES string of the molecule is C#CCN(CC(=O)O)C(=O)c1cc(C)ccc1OC. The van der Waals surface area contributed by atoms with Gasteiger partial charge in [0.25, 0.3) is 5.91 Å². The van der Waals surface area contributed by atoms with Gasteiger partial charge in [-0.15, -0.1) is 6.42 Å². The number of rotatable bonds is 5. The summed E-state index contributed by atoms with van der Waals surface area (Å²) in [4.78, 5) is 24.1. The van der Waals surface area contributed by atoms with Crippen molar-refractivity contribution in [3.05, 3.63) is 29.3 Å². The Morgan fingerprint density at radius 3 is 2.68 bits per heavy atom. The highest BCUT2D eigenvalue weighted by atomic mass is 16.5. The average molecular weight is 261 g/mol. The number of benzene rings is 1. The Kier molecular flexibility index (Phi) is 4.95. The van der Waals surface area contributed by atoms with Crippen LogP contribution < -0.4 is 4.74 Å². The molecule has 0 aliphatic rings. The van der Waals surface area contributed by atoms with Crippen molar-refractivity contribution >= 4 is 11.9 Å². The van der Waals surface area contributed by atoms with Crippen LogP contribution in [0, 0.1) is 19.3 Å². The van der Waals surface area contributed by atoms with E-state index in [2.05, 4.69) is 5.92 Å². The van der Waals surface area contributed by atoms with Gasteiger partial charge in [-0.2, -0.15) is 0 Å². The fourth-order valence-electron chi connectivity index (χ4n) is 1.63. The number of hydrogen-bond acceptors (Lipinski definition) is 3. The number of carboxylic acids is 1. The molecule has 1 aromatic rings. The molecule has 0 aromatic heterocycles. The number of carboxylic acid groups (broad SMARTS) is 1. The van der Waals surface area contributed by atoms with Crippen LogP contribution in [-0.2, 0) is 4.79 Å². The van der Waals surface area contributed by atoms with E-state index in [0.717, 1.165) is 10.5 Å². The quantitative estimate of drug-likeness (QED) is 0.808. The summed E-state index contributed by atoms with van der Waals surface area (Å²) in [5.41, 5.74) is 1.18. The molecule has 1 amide bonds. The minimum Gasteiger partial charge on any atom is -0.496 e. The first-order valence-corrected chi connectivity index (χ1v) is 5.58. The van der Waals surface area contributed by atoms with E-state index in [-0.39, 0.29) is 6.54 Å². The molecular weight excluding hydrogens is 246 g/mol. The molecule has 5 nitrogen and oxygen atoms in total. The first kappa shape index (κ1) is 14.6. The van der Waals surface area contributed by atoms with Crippen molar-refractivity contribution < 1.29 is 19.4 Å². The molecule has 0 saturated heterocycles. The van der Waals surface area contributed by atoms with Crippen LogP contribution >= 0.6 is 0 Å². The number of carbonyl (C=O) groups excluding carboxylic acids is 1. The first-order chi connectivity index (χ1) is 8.99. The van der Waals surface area contributed by atoms with Crippen molar-refractivity contribution in [3.8, 4) is 18.1 Å². The molecule has 1 rings (SSSR count). The molecule has 1 N–H and O–H groups in total. The van der Waals surface area contributed by atoms with Crippen LogP contribution in [0.2, 0.25) is 0 Å². The Hall–Kier alpha value is -2.48. The molecule has 0 aliphatic carbocycles. The molecule has 0 spiro atoms. The van der Waals surface area contributed by atoms with Crippen LogP contribution in [0.5, 0.6) is 5.75 Å². The normalized spacial score (nSPS) is 9.53. The third-order valence-corrected chi connectivity index (χ3v) is 2.48. The van der Waals surface area contributed by atoms with Gasteiger partial charge in [0.1, 0.15) is 12.3 Å². The maximum absolute atomic E-state index is 12.3. The number of methoxy groups -OCH3 is 1. The van der Waals surface area contributed by atoms with Crippen molar-refractivity contribution in [2.24, 2.45) is 0 Å². The van der Waals surface area contributed by atoms with Crippen LogP contribution in [0.25, 0.3) is 0 Å². The van der Waals surface area contributed by atoms with Gasteiger partial charge in [-0.1, -0.05) is 17.6 Å². The molecule has 0 heterocycles. The summed E-state index contributed by atoms with van der Waals surface area (Å²) in [5, 5.41) is 8.79. The molecule has 0 bridgehead atoms. The molecule has 0 fully saturated rings. The highest BCUT2D eigenvalue weighted by molar-refractivity contribution is 5.98. The number of carbonyl (C=O) groups is 2. The van der Waals surface area contributed by atoms with E-state index in [4.69, 9.17) is 16.3 Å². The average Bonchev–Trinajstić information content (AvgIpc) is 2.37. The Morgan fingerprint density at radius 2 is 2.16 bits per heavy atom. The zero-order valence-corrected chi connectivity index (χ0v) is 10.8. The Morgan fingerprint density at radius 1 is 1.47 bits per heavy atom. The van der Waals surface area contributed by atoms with E-state index >= 15 is 0 Å².